The molecule has 0 saturated heterocycles. The van der Waals surface area contributed by atoms with Gasteiger partial charge in [-0.15, -0.1) is 0 Å². The monoisotopic (exact) mass is 272 g/mol. The number of pyridine rings is 1. The first-order chi connectivity index (χ1) is 9.49. The summed E-state index contributed by atoms with van der Waals surface area (Å²) < 4.78 is 2.04. The van der Waals surface area contributed by atoms with E-state index in [0.29, 0.717) is 5.92 Å². The van der Waals surface area contributed by atoms with Crippen LogP contribution in [-0.2, 0) is 6.54 Å². The first-order valence-corrected chi connectivity index (χ1v) is 7.17. The Morgan fingerprint density at radius 2 is 1.90 bits per heavy atom. The lowest BCUT2D eigenvalue weighted by Crippen LogP contribution is -2.19. The van der Waals surface area contributed by atoms with Crippen LogP contribution < -0.4 is 5.32 Å². The van der Waals surface area contributed by atoms with Crippen molar-refractivity contribution in [3.8, 4) is 5.82 Å². The van der Waals surface area contributed by atoms with Crippen LogP contribution in [0.2, 0.25) is 0 Å². The van der Waals surface area contributed by atoms with Gasteiger partial charge in [-0.3, -0.25) is 4.57 Å². The molecule has 4 heteroatoms. The Labute approximate surface area is 121 Å². The molecule has 2 aromatic rings. The van der Waals surface area contributed by atoms with Gasteiger partial charge in [0.15, 0.2) is 0 Å². The van der Waals surface area contributed by atoms with Gasteiger partial charge >= 0.3 is 0 Å². The zero-order valence-corrected chi connectivity index (χ0v) is 13.1. The van der Waals surface area contributed by atoms with E-state index in [2.05, 4.69) is 50.1 Å². The van der Waals surface area contributed by atoms with E-state index in [1.54, 1.807) is 0 Å². The Bertz CT molecular complexity index is 584. The smallest absolute Gasteiger partial charge is 0.138 e. The molecule has 0 radical (unpaired) electrons. The molecule has 1 N–H and O–H groups in total. The summed E-state index contributed by atoms with van der Waals surface area (Å²) >= 11 is 0. The van der Waals surface area contributed by atoms with Crippen LogP contribution in [0.4, 0.5) is 0 Å². The third-order valence-corrected chi connectivity index (χ3v) is 3.55. The maximum atomic E-state index is 4.70. The summed E-state index contributed by atoms with van der Waals surface area (Å²) in [7, 11) is 0. The summed E-state index contributed by atoms with van der Waals surface area (Å²) in [5, 5.41) is 3.46. The predicted molar refractivity (Wildman–Crippen MR) is 82.1 cm³/mol. The number of rotatable bonds is 5. The highest BCUT2D eigenvalue weighted by molar-refractivity contribution is 5.32. The minimum atomic E-state index is 0.666. The molecule has 20 heavy (non-hydrogen) atoms. The Morgan fingerprint density at radius 3 is 2.45 bits per heavy atom. The fourth-order valence-electron chi connectivity index (χ4n) is 2.12. The normalized spacial score (nSPS) is 11.3. The predicted octanol–water partition coefficient (Wildman–Crippen LogP) is 2.94. The third-order valence-electron chi connectivity index (χ3n) is 3.55. The second-order valence-electron chi connectivity index (χ2n) is 5.72. The van der Waals surface area contributed by atoms with Crippen LogP contribution in [0.25, 0.3) is 5.82 Å². The molecule has 0 aliphatic rings. The van der Waals surface area contributed by atoms with Crippen molar-refractivity contribution in [2.24, 2.45) is 5.92 Å². The van der Waals surface area contributed by atoms with Gasteiger partial charge in [0.2, 0.25) is 0 Å². The Hall–Kier alpha value is -1.68. The molecule has 2 aromatic heterocycles. The largest absolute Gasteiger partial charge is 0.312 e. The third kappa shape index (κ3) is 3.25. The van der Waals surface area contributed by atoms with Crippen LogP contribution in [0.15, 0.2) is 18.5 Å². The van der Waals surface area contributed by atoms with E-state index in [1.807, 2.05) is 17.8 Å². The van der Waals surface area contributed by atoms with Crippen molar-refractivity contribution in [3.63, 3.8) is 0 Å². The maximum Gasteiger partial charge on any atom is 0.138 e. The van der Waals surface area contributed by atoms with Crippen molar-refractivity contribution in [2.75, 3.05) is 6.54 Å². The van der Waals surface area contributed by atoms with Gasteiger partial charge in [-0.1, -0.05) is 19.9 Å². The van der Waals surface area contributed by atoms with Crippen LogP contribution in [-0.4, -0.2) is 21.1 Å². The number of imidazole rings is 1. The fourth-order valence-corrected chi connectivity index (χ4v) is 2.12. The number of nitrogens with one attached hydrogen (secondary N) is 1. The van der Waals surface area contributed by atoms with E-state index >= 15 is 0 Å². The van der Waals surface area contributed by atoms with Gasteiger partial charge in [-0.25, -0.2) is 9.97 Å². The SMILES string of the molecule is Cc1nc(-n2cnc(C)c2C)ccc1CNCC(C)C. The summed E-state index contributed by atoms with van der Waals surface area (Å²) in [6.07, 6.45) is 1.84. The topological polar surface area (TPSA) is 42.7 Å². The standard InChI is InChI=1S/C16H24N4/c1-11(2)8-17-9-15-6-7-16(19-13(15)4)20-10-18-12(3)14(20)5/h6-7,10-11,17H,8-9H2,1-5H3. The second-order valence-corrected chi connectivity index (χ2v) is 5.72. The van der Waals surface area contributed by atoms with E-state index < -0.39 is 0 Å². The molecule has 0 aliphatic heterocycles. The van der Waals surface area contributed by atoms with Crippen LogP contribution in [0.1, 0.15) is 36.5 Å². The lowest BCUT2D eigenvalue weighted by molar-refractivity contribution is 0.551. The number of hydrogen-bond acceptors (Lipinski definition) is 3. The van der Waals surface area contributed by atoms with Crippen molar-refractivity contribution < 1.29 is 0 Å². The Morgan fingerprint density at radius 1 is 1.15 bits per heavy atom. The van der Waals surface area contributed by atoms with Crippen LogP contribution in [0.3, 0.4) is 0 Å². The summed E-state index contributed by atoms with van der Waals surface area (Å²) in [5.74, 6) is 1.60. The minimum Gasteiger partial charge on any atom is -0.312 e. The summed E-state index contributed by atoms with van der Waals surface area (Å²) in [6.45, 7) is 12.5. The minimum absolute atomic E-state index is 0.666. The molecule has 0 fully saturated rings. The Balaban J connectivity index is 2.15. The van der Waals surface area contributed by atoms with Crippen LogP contribution in [0, 0.1) is 26.7 Å². The molecule has 4 nitrogen and oxygen atoms in total. The highest BCUT2D eigenvalue weighted by Gasteiger charge is 2.07. The molecular formula is C16H24N4. The summed E-state index contributed by atoms with van der Waals surface area (Å²) in [4.78, 5) is 9.02. The average Bonchev–Trinajstić information content (AvgIpc) is 2.72. The number of hydrogen-bond donors (Lipinski definition) is 1. The molecule has 0 unspecified atom stereocenters. The molecule has 0 atom stereocenters. The van der Waals surface area contributed by atoms with E-state index in [1.165, 1.54) is 5.56 Å². The summed E-state index contributed by atoms with van der Waals surface area (Å²) in [6, 6.07) is 4.22. The molecule has 0 saturated carbocycles. The van der Waals surface area contributed by atoms with Gasteiger partial charge in [-0.2, -0.15) is 0 Å². The summed E-state index contributed by atoms with van der Waals surface area (Å²) in [5.41, 5.74) is 4.52. The lowest BCUT2D eigenvalue weighted by Gasteiger charge is -2.11. The van der Waals surface area contributed by atoms with Gasteiger partial charge in [-0.05, 0) is 44.9 Å². The molecule has 0 aliphatic carbocycles. The van der Waals surface area contributed by atoms with Crippen LogP contribution in [0.5, 0.6) is 0 Å². The van der Waals surface area contributed by atoms with Gasteiger partial charge in [0.05, 0.1) is 5.69 Å². The first kappa shape index (κ1) is 14.7. The van der Waals surface area contributed by atoms with Gasteiger partial charge < -0.3 is 5.32 Å². The number of nitrogens with zero attached hydrogens (tertiary/aromatic N) is 3. The molecular weight excluding hydrogens is 248 g/mol. The zero-order valence-electron chi connectivity index (χ0n) is 13.1. The van der Waals surface area contributed by atoms with E-state index in [4.69, 9.17) is 4.98 Å². The molecule has 108 valence electrons. The number of aryl methyl sites for hydroxylation is 2. The van der Waals surface area contributed by atoms with E-state index in [-0.39, 0.29) is 0 Å². The second kappa shape index (κ2) is 6.18. The van der Waals surface area contributed by atoms with Gasteiger partial charge in [0.1, 0.15) is 12.1 Å². The van der Waals surface area contributed by atoms with Crippen molar-refractivity contribution in [3.05, 3.63) is 41.1 Å². The molecule has 2 rings (SSSR count). The maximum absolute atomic E-state index is 4.70. The molecule has 0 bridgehead atoms. The van der Waals surface area contributed by atoms with Gasteiger partial charge in [0, 0.05) is 17.9 Å². The Kier molecular flexibility index (Phi) is 4.55. The van der Waals surface area contributed by atoms with Gasteiger partial charge in [0.25, 0.3) is 0 Å². The molecule has 0 spiro atoms. The zero-order chi connectivity index (χ0) is 14.7. The highest BCUT2D eigenvalue weighted by Crippen LogP contribution is 2.14. The van der Waals surface area contributed by atoms with E-state index in [9.17, 15) is 0 Å². The highest BCUT2D eigenvalue weighted by atomic mass is 15.1. The lowest BCUT2D eigenvalue weighted by atomic mass is 10.2. The van der Waals surface area contributed by atoms with Crippen molar-refractivity contribution in [1.29, 1.82) is 0 Å². The first-order valence-electron chi connectivity index (χ1n) is 7.17. The van der Waals surface area contributed by atoms with Crippen molar-refractivity contribution >= 4 is 0 Å². The molecule has 0 amide bonds. The fraction of sp³-hybridized carbons (Fsp3) is 0.500. The quantitative estimate of drug-likeness (QED) is 0.910. The average molecular weight is 272 g/mol. The van der Waals surface area contributed by atoms with Crippen molar-refractivity contribution in [2.45, 2.75) is 41.2 Å². The van der Waals surface area contributed by atoms with Crippen molar-refractivity contribution in [1.82, 2.24) is 19.9 Å². The molecule has 0 aromatic carbocycles. The number of aromatic nitrogens is 3. The van der Waals surface area contributed by atoms with E-state index in [0.717, 1.165) is 36.0 Å². The van der Waals surface area contributed by atoms with Crippen LogP contribution >= 0.6 is 0 Å². The molecule has 2 heterocycles.